The van der Waals surface area contributed by atoms with Crippen molar-refractivity contribution < 1.29 is 8.78 Å². The van der Waals surface area contributed by atoms with Gasteiger partial charge in [-0.05, 0) is 68.5 Å². The molecule has 0 atom stereocenters. The zero-order valence-electron chi connectivity index (χ0n) is 15.2. The Hall–Kier alpha value is -1.73. The summed E-state index contributed by atoms with van der Waals surface area (Å²) in [7, 11) is 0. The molecule has 1 aliphatic rings. The van der Waals surface area contributed by atoms with E-state index in [9.17, 15) is 13.6 Å². The van der Waals surface area contributed by atoms with Crippen LogP contribution < -0.4 is 5.56 Å². The van der Waals surface area contributed by atoms with Crippen LogP contribution in [-0.2, 0) is 12.8 Å². The van der Waals surface area contributed by atoms with E-state index in [-0.39, 0.29) is 10.7 Å². The van der Waals surface area contributed by atoms with E-state index in [4.69, 9.17) is 0 Å². The molecule has 0 bridgehead atoms. The maximum Gasteiger partial charge on any atom is 0.291 e. The lowest BCUT2D eigenvalue weighted by atomic mass is 10.1. The molecule has 0 aliphatic heterocycles. The molecule has 142 valence electrons. The van der Waals surface area contributed by atoms with E-state index in [0.717, 1.165) is 48.8 Å². The molecule has 3 nitrogen and oxygen atoms in total. The van der Waals surface area contributed by atoms with E-state index in [2.05, 4.69) is 4.98 Å². The number of rotatable bonds is 3. The van der Waals surface area contributed by atoms with Crippen LogP contribution in [-0.4, -0.2) is 15.3 Å². The Morgan fingerprint density at radius 3 is 2.70 bits per heavy atom. The van der Waals surface area contributed by atoms with Crippen molar-refractivity contribution in [2.45, 2.75) is 56.9 Å². The second-order valence-corrected chi connectivity index (χ2v) is 8.99. The third kappa shape index (κ3) is 3.43. The van der Waals surface area contributed by atoms with Gasteiger partial charge in [0.25, 0.3) is 11.3 Å². The Morgan fingerprint density at radius 2 is 1.96 bits per heavy atom. The summed E-state index contributed by atoms with van der Waals surface area (Å²) in [4.78, 5) is 19.8. The van der Waals surface area contributed by atoms with Gasteiger partial charge in [0.15, 0.2) is 5.16 Å². The molecule has 0 spiro atoms. The molecule has 3 aromatic rings. The van der Waals surface area contributed by atoms with Crippen molar-refractivity contribution in [3.05, 3.63) is 50.1 Å². The maximum absolute atomic E-state index is 13.5. The first kappa shape index (κ1) is 18.6. The predicted octanol–water partition coefficient (Wildman–Crippen LogP) is 5.65. The molecule has 0 radical (unpaired) electrons. The summed E-state index contributed by atoms with van der Waals surface area (Å²) < 4.78 is 27.8. The first-order valence-corrected chi connectivity index (χ1v) is 10.7. The molecule has 4 rings (SSSR count). The number of hydrogen-bond donors (Lipinski definition) is 0. The summed E-state index contributed by atoms with van der Waals surface area (Å²) in [5.41, 5.74) is 3.41. The van der Waals surface area contributed by atoms with Gasteiger partial charge < -0.3 is 0 Å². The molecule has 7 heteroatoms. The molecule has 1 aromatic carbocycles. The highest BCUT2D eigenvalue weighted by molar-refractivity contribution is 7.99. The van der Waals surface area contributed by atoms with Gasteiger partial charge in [0, 0.05) is 4.88 Å². The zero-order valence-corrected chi connectivity index (χ0v) is 16.9. The highest BCUT2D eigenvalue weighted by atomic mass is 32.2. The molecular weight excluding hydrogens is 386 g/mol. The first-order chi connectivity index (χ1) is 13.0. The average Bonchev–Trinajstić information content (AvgIpc) is 2.78. The second-order valence-electron chi connectivity index (χ2n) is 6.95. The Labute approximate surface area is 164 Å². The van der Waals surface area contributed by atoms with Gasteiger partial charge >= 0.3 is 0 Å². The average molecular weight is 407 g/mol. The number of alkyl halides is 2. The van der Waals surface area contributed by atoms with Crippen LogP contribution in [0.2, 0.25) is 0 Å². The molecule has 0 unspecified atom stereocenters. The number of benzene rings is 1. The minimum absolute atomic E-state index is 0.0610. The van der Waals surface area contributed by atoms with Gasteiger partial charge in [-0.3, -0.25) is 9.36 Å². The van der Waals surface area contributed by atoms with Crippen LogP contribution in [0.4, 0.5) is 8.78 Å². The summed E-state index contributed by atoms with van der Waals surface area (Å²) in [6, 6.07) is 5.67. The summed E-state index contributed by atoms with van der Waals surface area (Å²) >= 11 is 1.83. The predicted molar refractivity (Wildman–Crippen MR) is 108 cm³/mol. The van der Waals surface area contributed by atoms with Crippen molar-refractivity contribution in [2.75, 3.05) is 0 Å². The maximum atomic E-state index is 13.5. The molecule has 2 heterocycles. The van der Waals surface area contributed by atoms with Crippen molar-refractivity contribution in [2.24, 2.45) is 0 Å². The molecule has 0 N–H and O–H groups in total. The van der Waals surface area contributed by atoms with Crippen LogP contribution in [0.5, 0.6) is 0 Å². The summed E-state index contributed by atoms with van der Waals surface area (Å²) in [6.07, 6.45) is 5.11. The van der Waals surface area contributed by atoms with E-state index in [1.165, 1.54) is 20.8 Å². The topological polar surface area (TPSA) is 34.9 Å². The molecule has 0 saturated heterocycles. The van der Waals surface area contributed by atoms with Gasteiger partial charge in [-0.25, -0.2) is 4.98 Å². The number of thiophene rings is 1. The minimum Gasteiger partial charge on any atom is -0.268 e. The molecular formula is C20H20F2N2OS2. The third-order valence-electron chi connectivity index (χ3n) is 5.00. The number of thioether (sulfide) groups is 1. The fourth-order valence-corrected chi connectivity index (χ4v) is 5.69. The number of halogens is 2. The Morgan fingerprint density at radius 1 is 1.19 bits per heavy atom. The fourth-order valence-electron chi connectivity index (χ4n) is 3.79. The SMILES string of the molecule is Cc1ccc(-n2c(SC(F)F)nc3sc4c(c3c2=O)CCCCC4)c(C)c1. The van der Waals surface area contributed by atoms with Gasteiger partial charge in [0.2, 0.25) is 0 Å². The zero-order chi connectivity index (χ0) is 19.1. The lowest BCUT2D eigenvalue weighted by Gasteiger charge is -2.14. The van der Waals surface area contributed by atoms with Crippen LogP contribution >= 0.6 is 23.1 Å². The monoisotopic (exact) mass is 406 g/mol. The lowest BCUT2D eigenvalue weighted by molar-refractivity contribution is 0.251. The van der Waals surface area contributed by atoms with Gasteiger partial charge in [0.1, 0.15) is 4.83 Å². The molecule has 0 amide bonds. The van der Waals surface area contributed by atoms with Crippen molar-refractivity contribution in [1.29, 1.82) is 0 Å². The molecule has 0 fully saturated rings. The third-order valence-corrected chi connectivity index (χ3v) is 6.84. The van der Waals surface area contributed by atoms with Crippen LogP contribution in [0, 0.1) is 13.8 Å². The first-order valence-electron chi connectivity index (χ1n) is 9.05. The summed E-state index contributed by atoms with van der Waals surface area (Å²) in [5.74, 6) is -2.64. The highest BCUT2D eigenvalue weighted by Crippen LogP contribution is 2.35. The van der Waals surface area contributed by atoms with Gasteiger partial charge in [-0.15, -0.1) is 11.3 Å². The van der Waals surface area contributed by atoms with E-state index >= 15 is 0 Å². The smallest absolute Gasteiger partial charge is 0.268 e. The summed E-state index contributed by atoms with van der Waals surface area (Å²) in [5, 5.41) is 0.682. The second kappa shape index (κ2) is 7.36. The molecule has 1 aliphatic carbocycles. The van der Waals surface area contributed by atoms with Crippen LogP contribution in [0.3, 0.4) is 0 Å². The van der Waals surface area contributed by atoms with Crippen molar-refractivity contribution >= 4 is 33.3 Å². The molecule has 2 aromatic heterocycles. The van der Waals surface area contributed by atoms with Gasteiger partial charge in [-0.2, -0.15) is 8.78 Å². The van der Waals surface area contributed by atoms with E-state index in [1.807, 2.05) is 32.0 Å². The van der Waals surface area contributed by atoms with E-state index in [0.29, 0.717) is 27.7 Å². The normalized spacial score (nSPS) is 14.6. The van der Waals surface area contributed by atoms with Crippen LogP contribution in [0.25, 0.3) is 15.9 Å². The number of hydrogen-bond acceptors (Lipinski definition) is 4. The van der Waals surface area contributed by atoms with Crippen LogP contribution in [0.1, 0.15) is 40.8 Å². The van der Waals surface area contributed by atoms with Gasteiger partial charge in [-0.1, -0.05) is 24.1 Å². The van der Waals surface area contributed by atoms with E-state index < -0.39 is 5.76 Å². The Bertz CT molecular complexity index is 1070. The van der Waals surface area contributed by atoms with Crippen molar-refractivity contribution in [3.63, 3.8) is 0 Å². The van der Waals surface area contributed by atoms with Crippen molar-refractivity contribution in [3.8, 4) is 5.69 Å². The molecule has 27 heavy (non-hydrogen) atoms. The molecule has 0 saturated carbocycles. The number of aryl methyl sites for hydroxylation is 4. The standard InChI is InChI=1S/C20H20F2N2OS2/c1-11-8-9-14(12(2)10-11)24-18(25)16-13-6-4-3-5-7-15(13)26-17(16)23-20(24)27-19(21)22/h8-10,19H,3-7H2,1-2H3. The fraction of sp³-hybridized carbons (Fsp3) is 0.400. The summed E-state index contributed by atoms with van der Waals surface area (Å²) in [6.45, 7) is 3.86. The Balaban J connectivity index is 2.04. The minimum atomic E-state index is -2.64. The number of nitrogens with zero attached hydrogens (tertiary/aromatic N) is 2. The number of fused-ring (bicyclic) bond motifs is 3. The Kier molecular flexibility index (Phi) is 5.07. The van der Waals surface area contributed by atoms with Crippen molar-refractivity contribution in [1.82, 2.24) is 9.55 Å². The van der Waals surface area contributed by atoms with Crippen LogP contribution in [0.15, 0.2) is 28.2 Å². The van der Waals surface area contributed by atoms with E-state index in [1.54, 1.807) is 0 Å². The quantitative estimate of drug-likeness (QED) is 0.320. The lowest BCUT2D eigenvalue weighted by Crippen LogP contribution is -2.23. The van der Waals surface area contributed by atoms with Gasteiger partial charge in [0.05, 0.1) is 11.1 Å². The highest BCUT2D eigenvalue weighted by Gasteiger charge is 2.24. The largest absolute Gasteiger partial charge is 0.291 e. The number of aromatic nitrogens is 2.